The van der Waals surface area contributed by atoms with Crippen molar-refractivity contribution in [2.75, 3.05) is 0 Å². The van der Waals surface area contributed by atoms with Crippen molar-refractivity contribution in [2.24, 2.45) is 0 Å². The molecule has 0 unspecified atom stereocenters. The lowest BCUT2D eigenvalue weighted by Crippen LogP contribution is -1.63. The molecule has 0 atom stereocenters. The Balaban J connectivity index is 2.84. The monoisotopic (exact) mass is 124 g/mol. The average molecular weight is 124 g/mol. The van der Waals surface area contributed by atoms with Crippen LogP contribution >= 0.6 is 11.5 Å². The van der Waals surface area contributed by atoms with Gasteiger partial charge in [0.1, 0.15) is 0 Å². The van der Waals surface area contributed by atoms with Crippen molar-refractivity contribution < 1.29 is 0 Å². The van der Waals surface area contributed by atoms with Crippen LogP contribution in [0.3, 0.4) is 0 Å². The predicted octanol–water partition coefficient (Wildman–Crippen LogP) is 1.58. The topological polar surface area (TPSA) is 28.7 Å². The Hall–Kier alpha value is -0.830. The number of fused-ring (bicyclic) bond motifs is 1. The number of hydrogen-bond donors (Lipinski definition) is 1. The van der Waals surface area contributed by atoms with Gasteiger partial charge in [-0.25, -0.2) is 0 Å². The zero-order valence-electron chi connectivity index (χ0n) is 4.09. The van der Waals surface area contributed by atoms with Gasteiger partial charge < -0.3 is 4.37 Å². The van der Waals surface area contributed by atoms with Crippen LogP contribution in [0.5, 0.6) is 0 Å². The normalized spacial score (nSPS) is 10.5. The Morgan fingerprint density at radius 3 is 3.50 bits per heavy atom. The van der Waals surface area contributed by atoms with Crippen molar-refractivity contribution in [3.8, 4) is 11.4 Å². The van der Waals surface area contributed by atoms with Crippen LogP contribution < -0.4 is 0 Å². The first-order chi connectivity index (χ1) is 3.97. The van der Waals surface area contributed by atoms with Crippen LogP contribution in [0.25, 0.3) is 11.4 Å². The van der Waals surface area contributed by atoms with Gasteiger partial charge in [-0.1, -0.05) is 11.5 Å². The van der Waals surface area contributed by atoms with Crippen LogP contribution in [0.15, 0.2) is 17.6 Å². The standard InChI is InChI=1S/C5H4N2S/c1-2-6-5-3-8-7-4(1)5/h1-3,7H. The molecule has 0 spiro atoms. The largest absolute Gasteiger partial charge is 0.309 e. The quantitative estimate of drug-likeness (QED) is 0.567. The predicted molar refractivity (Wildman–Crippen MR) is 33.1 cm³/mol. The molecule has 0 aliphatic carbocycles. The number of H-pyrrole nitrogens is 1. The second kappa shape index (κ2) is 1.32. The van der Waals surface area contributed by atoms with Gasteiger partial charge >= 0.3 is 0 Å². The molecule has 1 N–H and O–H groups in total. The van der Waals surface area contributed by atoms with Crippen LogP contribution in [0, 0.1) is 0 Å². The van der Waals surface area contributed by atoms with Crippen LogP contribution in [-0.4, -0.2) is 9.36 Å². The molecule has 0 fully saturated rings. The molecule has 0 saturated carbocycles. The molecule has 2 nitrogen and oxygen atoms in total. The van der Waals surface area contributed by atoms with E-state index in [0.29, 0.717) is 0 Å². The number of nitrogens with one attached hydrogen (secondary N) is 1. The summed E-state index contributed by atoms with van der Waals surface area (Å²) in [6.45, 7) is 0. The highest BCUT2D eigenvalue weighted by atomic mass is 32.1. The molecule has 0 aromatic rings. The third-order valence-electron chi connectivity index (χ3n) is 1.07. The molecule has 0 aromatic heterocycles. The summed E-state index contributed by atoms with van der Waals surface area (Å²) in [7, 11) is 0. The molecule has 3 heteroatoms. The highest BCUT2D eigenvalue weighted by Crippen LogP contribution is 2.18. The third kappa shape index (κ3) is 0.391. The van der Waals surface area contributed by atoms with E-state index in [1.807, 2.05) is 11.4 Å². The van der Waals surface area contributed by atoms with Crippen LogP contribution in [-0.2, 0) is 0 Å². The molecule has 0 saturated heterocycles. The van der Waals surface area contributed by atoms with Crippen molar-refractivity contribution >= 4 is 11.5 Å². The lowest BCUT2D eigenvalue weighted by molar-refractivity contribution is 1.42. The fourth-order valence-electron chi connectivity index (χ4n) is 0.676. The van der Waals surface area contributed by atoms with E-state index in [2.05, 4.69) is 9.36 Å². The number of aromatic nitrogens is 2. The minimum Gasteiger partial charge on any atom is -0.309 e. The Kier molecular flexibility index (Phi) is 0.676. The minimum atomic E-state index is 1.06. The lowest BCUT2D eigenvalue weighted by atomic mass is 10.4. The number of hydrogen-bond acceptors (Lipinski definition) is 2. The van der Waals surface area contributed by atoms with Gasteiger partial charge in [0.2, 0.25) is 0 Å². The molecule has 2 rings (SSSR count). The molecule has 0 aromatic carbocycles. The summed E-state index contributed by atoms with van der Waals surface area (Å²) in [4.78, 5) is 4.06. The van der Waals surface area contributed by atoms with Crippen molar-refractivity contribution in [3.05, 3.63) is 17.6 Å². The summed E-state index contributed by atoms with van der Waals surface area (Å²) < 4.78 is 3.08. The molecule has 0 radical (unpaired) electrons. The van der Waals surface area contributed by atoms with Crippen molar-refractivity contribution in [1.82, 2.24) is 9.36 Å². The maximum absolute atomic E-state index is 4.06. The summed E-state index contributed by atoms with van der Waals surface area (Å²) in [5.41, 5.74) is 2.20. The second-order valence-electron chi connectivity index (χ2n) is 1.58. The molecule has 0 amide bonds. The molecular formula is C5H4N2S. The van der Waals surface area contributed by atoms with E-state index in [4.69, 9.17) is 0 Å². The lowest BCUT2D eigenvalue weighted by Gasteiger charge is -1.75. The molecular weight excluding hydrogens is 120 g/mol. The van der Waals surface area contributed by atoms with Gasteiger partial charge in [0.15, 0.2) is 0 Å². The smallest absolute Gasteiger partial charge is 0.0986 e. The highest BCUT2D eigenvalue weighted by molar-refractivity contribution is 7.04. The molecule has 2 aliphatic heterocycles. The van der Waals surface area contributed by atoms with Gasteiger partial charge in [-0.3, -0.25) is 4.98 Å². The van der Waals surface area contributed by atoms with E-state index in [1.54, 1.807) is 17.7 Å². The summed E-state index contributed by atoms with van der Waals surface area (Å²) in [6.07, 6.45) is 1.80. The van der Waals surface area contributed by atoms with Crippen molar-refractivity contribution in [2.45, 2.75) is 0 Å². The number of aromatic amines is 1. The maximum atomic E-state index is 4.06. The summed E-state index contributed by atoms with van der Waals surface area (Å²) >= 11 is 1.57. The minimum absolute atomic E-state index is 1.06. The SMILES string of the molecule is c1cc2[nH]scc-2n1. The Labute approximate surface area is 50.7 Å². The molecule has 0 bridgehead atoms. The van der Waals surface area contributed by atoms with E-state index in [9.17, 15) is 0 Å². The Morgan fingerprint density at radius 1 is 1.62 bits per heavy atom. The molecule has 2 heterocycles. The van der Waals surface area contributed by atoms with Crippen molar-refractivity contribution in [1.29, 1.82) is 0 Å². The van der Waals surface area contributed by atoms with E-state index in [-0.39, 0.29) is 0 Å². The Morgan fingerprint density at radius 2 is 2.62 bits per heavy atom. The van der Waals surface area contributed by atoms with Gasteiger partial charge in [0.25, 0.3) is 0 Å². The zero-order chi connectivity index (χ0) is 5.40. The van der Waals surface area contributed by atoms with E-state index < -0.39 is 0 Å². The van der Waals surface area contributed by atoms with Gasteiger partial charge in [-0.2, -0.15) is 0 Å². The molecule has 2 aliphatic rings. The highest BCUT2D eigenvalue weighted by Gasteiger charge is 2.00. The van der Waals surface area contributed by atoms with Gasteiger partial charge in [-0.05, 0) is 6.07 Å². The summed E-state index contributed by atoms with van der Waals surface area (Å²) in [5.74, 6) is 0. The number of rotatable bonds is 0. The maximum Gasteiger partial charge on any atom is 0.0986 e. The first-order valence-corrected chi connectivity index (χ1v) is 3.21. The van der Waals surface area contributed by atoms with Crippen LogP contribution in [0.1, 0.15) is 0 Å². The van der Waals surface area contributed by atoms with Crippen LogP contribution in [0.4, 0.5) is 0 Å². The van der Waals surface area contributed by atoms with Crippen molar-refractivity contribution in [3.63, 3.8) is 0 Å². The molecule has 8 heavy (non-hydrogen) atoms. The Bertz CT molecular complexity index is 202. The average Bonchev–Trinajstić information content (AvgIpc) is 2.15. The fraction of sp³-hybridized carbons (Fsp3) is 0. The molecule has 40 valence electrons. The fourth-order valence-corrected chi connectivity index (χ4v) is 1.33. The van der Waals surface area contributed by atoms with Crippen LogP contribution in [0.2, 0.25) is 0 Å². The summed E-state index contributed by atoms with van der Waals surface area (Å²) in [6, 6.07) is 1.96. The zero-order valence-corrected chi connectivity index (χ0v) is 4.90. The first kappa shape index (κ1) is 4.09. The first-order valence-electron chi connectivity index (χ1n) is 2.33. The van der Waals surface area contributed by atoms with E-state index in [1.165, 1.54) is 0 Å². The second-order valence-corrected chi connectivity index (χ2v) is 2.26. The van der Waals surface area contributed by atoms with Gasteiger partial charge in [0, 0.05) is 11.6 Å². The summed E-state index contributed by atoms with van der Waals surface area (Å²) in [5, 5.41) is 2.00. The van der Waals surface area contributed by atoms with E-state index >= 15 is 0 Å². The van der Waals surface area contributed by atoms with Gasteiger partial charge in [0.05, 0.1) is 11.4 Å². The third-order valence-corrected chi connectivity index (χ3v) is 1.75. The number of nitrogens with zero attached hydrogens (tertiary/aromatic N) is 1. The van der Waals surface area contributed by atoms with E-state index in [0.717, 1.165) is 11.4 Å². The van der Waals surface area contributed by atoms with Gasteiger partial charge in [-0.15, -0.1) is 0 Å².